The van der Waals surface area contributed by atoms with E-state index in [9.17, 15) is 10.5 Å². The van der Waals surface area contributed by atoms with Gasteiger partial charge in [-0.1, -0.05) is 121 Å². The zero-order valence-corrected chi connectivity index (χ0v) is 29.4. The molecule has 0 aliphatic carbocycles. The minimum Gasteiger partial charge on any atom is -0.354 e. The average molecular weight is 695 g/mol. The van der Waals surface area contributed by atoms with Crippen LogP contribution in [-0.2, 0) is 0 Å². The topological polar surface area (TPSA) is 105 Å². The molecule has 0 saturated carbocycles. The summed E-state index contributed by atoms with van der Waals surface area (Å²) in [6.07, 6.45) is 4.63. The van der Waals surface area contributed by atoms with E-state index in [0.717, 1.165) is 89.4 Å². The van der Waals surface area contributed by atoms with Crippen molar-refractivity contribution in [3.8, 4) is 56.6 Å². The molecule has 5 heterocycles. The van der Waals surface area contributed by atoms with E-state index in [1.54, 1.807) is 0 Å². The molecule has 2 N–H and O–H groups in total. The lowest BCUT2D eigenvalue weighted by Gasteiger charge is -2.18. The minimum atomic E-state index is -0.321. The molecule has 0 amide bonds. The van der Waals surface area contributed by atoms with E-state index in [1.165, 1.54) is 0 Å². The van der Waals surface area contributed by atoms with Crippen molar-refractivity contribution < 1.29 is 0 Å². The van der Waals surface area contributed by atoms with Crippen LogP contribution in [0.25, 0.3) is 78.7 Å². The predicted molar refractivity (Wildman–Crippen MR) is 218 cm³/mol. The van der Waals surface area contributed by atoms with Gasteiger partial charge < -0.3 is 9.97 Å². The van der Waals surface area contributed by atoms with Gasteiger partial charge in [-0.3, -0.25) is 4.98 Å². The summed E-state index contributed by atoms with van der Waals surface area (Å²) >= 11 is 0. The molecule has 7 aromatic rings. The molecule has 2 aliphatic rings. The molecule has 0 fully saturated rings. The average Bonchev–Trinajstić information content (AvgIpc) is 4.05. The van der Waals surface area contributed by atoms with Crippen LogP contribution in [0.3, 0.4) is 0 Å². The van der Waals surface area contributed by atoms with Crippen LogP contribution in [0.1, 0.15) is 47.5 Å². The van der Waals surface area contributed by atoms with Crippen molar-refractivity contribution in [2.45, 2.75) is 24.7 Å². The third kappa shape index (κ3) is 5.77. The fraction of sp³-hybridized carbons (Fsp3) is 0.0833. The van der Waals surface area contributed by atoms with Crippen LogP contribution >= 0.6 is 0 Å². The number of hydrogen-bond acceptors (Lipinski definition) is 4. The van der Waals surface area contributed by atoms with E-state index >= 15 is 0 Å². The Morgan fingerprint density at radius 3 is 1.06 bits per heavy atom. The first kappa shape index (κ1) is 32.6. The van der Waals surface area contributed by atoms with Crippen LogP contribution in [0.2, 0.25) is 0 Å². The molecule has 0 radical (unpaired) electrons. The number of fused-ring (bicyclic) bond motifs is 8. The van der Waals surface area contributed by atoms with Crippen LogP contribution in [0.4, 0.5) is 0 Å². The second-order valence-corrected chi connectivity index (χ2v) is 13.6. The van der Waals surface area contributed by atoms with Crippen molar-refractivity contribution in [2.75, 3.05) is 0 Å². The van der Waals surface area contributed by atoms with Crippen molar-refractivity contribution in [3.63, 3.8) is 0 Å². The summed E-state index contributed by atoms with van der Waals surface area (Å²) in [5.41, 5.74) is 14.7. The SMILES string of the molecule is N#CC[C@H]1c2nc(c(-c3ccccc3)c3ccc([nH]3)c(-c3ccccc3)c3nc(c(-c4ccccc4)c4ccc([nH]4)c2-c2ccccc2)C=C3)[C@@H]1CC#N. The molecule has 8 bridgehead atoms. The first-order chi connectivity index (χ1) is 26.7. The van der Waals surface area contributed by atoms with Crippen LogP contribution in [-0.4, -0.2) is 19.9 Å². The van der Waals surface area contributed by atoms with Crippen LogP contribution in [0.5, 0.6) is 0 Å². The second kappa shape index (κ2) is 14.0. The highest BCUT2D eigenvalue weighted by Gasteiger charge is 2.37. The Kier molecular flexibility index (Phi) is 8.48. The fourth-order valence-corrected chi connectivity index (χ4v) is 8.03. The van der Waals surface area contributed by atoms with Crippen molar-refractivity contribution in [1.29, 1.82) is 10.5 Å². The molecule has 9 rings (SSSR count). The third-order valence-corrected chi connectivity index (χ3v) is 10.4. The molecule has 0 spiro atoms. The molecular weight excluding hydrogens is 661 g/mol. The van der Waals surface area contributed by atoms with Gasteiger partial charge >= 0.3 is 0 Å². The van der Waals surface area contributed by atoms with Crippen molar-refractivity contribution in [3.05, 3.63) is 168 Å². The van der Waals surface area contributed by atoms with E-state index < -0.39 is 0 Å². The van der Waals surface area contributed by atoms with E-state index in [0.29, 0.717) is 0 Å². The summed E-state index contributed by atoms with van der Waals surface area (Å²) in [6.45, 7) is 0. The van der Waals surface area contributed by atoms with Crippen molar-refractivity contribution in [2.24, 2.45) is 0 Å². The predicted octanol–water partition coefficient (Wildman–Crippen LogP) is 11.8. The number of aromatic amines is 2. The summed E-state index contributed by atoms with van der Waals surface area (Å²) in [7, 11) is 0. The van der Waals surface area contributed by atoms with E-state index in [-0.39, 0.29) is 24.7 Å². The molecule has 3 aromatic heterocycles. The highest BCUT2D eigenvalue weighted by atomic mass is 14.8. The quantitative estimate of drug-likeness (QED) is 0.181. The number of hydrogen-bond donors (Lipinski definition) is 2. The summed E-state index contributed by atoms with van der Waals surface area (Å²) in [4.78, 5) is 18.5. The zero-order chi connectivity index (χ0) is 36.4. The maximum Gasteiger partial charge on any atom is 0.0737 e. The Balaban J connectivity index is 1.53. The van der Waals surface area contributed by atoms with E-state index in [2.05, 4.69) is 107 Å². The van der Waals surface area contributed by atoms with E-state index in [4.69, 9.17) is 9.97 Å². The van der Waals surface area contributed by atoms with Crippen LogP contribution in [0.15, 0.2) is 146 Å². The molecule has 256 valence electrons. The molecule has 6 heteroatoms. The highest BCUT2D eigenvalue weighted by molar-refractivity contribution is 5.97. The number of nitrogens with zero attached hydrogens (tertiary/aromatic N) is 4. The van der Waals surface area contributed by atoms with Crippen LogP contribution < -0.4 is 0 Å². The van der Waals surface area contributed by atoms with E-state index in [1.807, 2.05) is 72.8 Å². The summed E-state index contributed by atoms with van der Waals surface area (Å²) in [5.74, 6) is -0.642. The molecular formula is C48H34N6. The van der Waals surface area contributed by atoms with Crippen molar-refractivity contribution >= 4 is 34.2 Å². The van der Waals surface area contributed by atoms with Gasteiger partial charge in [-0.15, -0.1) is 0 Å². The monoisotopic (exact) mass is 694 g/mol. The minimum absolute atomic E-state index is 0.212. The zero-order valence-electron chi connectivity index (χ0n) is 29.4. The van der Waals surface area contributed by atoms with Gasteiger partial charge in [-0.05, 0) is 58.7 Å². The fourth-order valence-electron chi connectivity index (χ4n) is 8.03. The number of rotatable bonds is 6. The Morgan fingerprint density at radius 2 is 0.722 bits per heavy atom. The number of nitriles is 2. The van der Waals surface area contributed by atoms with Gasteiger partial charge in [0.25, 0.3) is 0 Å². The molecule has 0 saturated heterocycles. The first-order valence-corrected chi connectivity index (χ1v) is 18.2. The normalized spacial score (nSPS) is 14.7. The summed E-state index contributed by atoms with van der Waals surface area (Å²) in [6, 6.07) is 54.5. The maximum atomic E-state index is 10.3. The largest absolute Gasteiger partial charge is 0.354 e. The Bertz CT molecular complexity index is 2600. The Hall–Kier alpha value is -7.28. The lowest BCUT2D eigenvalue weighted by Crippen LogP contribution is -2.07. The van der Waals surface area contributed by atoms with Gasteiger partial charge in [-0.25, -0.2) is 4.98 Å². The lowest BCUT2D eigenvalue weighted by atomic mass is 9.81. The molecule has 2 aliphatic heterocycles. The highest BCUT2D eigenvalue weighted by Crippen LogP contribution is 2.49. The Morgan fingerprint density at radius 1 is 0.407 bits per heavy atom. The van der Waals surface area contributed by atoms with Gasteiger partial charge in [0.05, 0.1) is 34.9 Å². The van der Waals surface area contributed by atoms with Gasteiger partial charge in [0.15, 0.2) is 0 Å². The van der Waals surface area contributed by atoms with Gasteiger partial charge in [0, 0.05) is 69.0 Å². The smallest absolute Gasteiger partial charge is 0.0737 e. The van der Waals surface area contributed by atoms with Gasteiger partial charge in [0.1, 0.15) is 0 Å². The standard InChI is InChI=1S/C48H34N6/c49-29-27-35-36(28-30-50)48-46(34-19-11-4-12-20-34)42-26-24-40(53-42)44(32-15-7-2-8-16-32)38-22-21-37(51-38)43(31-13-5-1-6-14-31)39-23-25-41(52-39)45(47(35)54-48)33-17-9-3-10-18-33/h1-26,35-36,52-53H,27-28H2/t35-,36-/m1/s1. The molecule has 4 aromatic carbocycles. The Labute approximate surface area is 313 Å². The maximum absolute atomic E-state index is 10.3. The number of aromatic nitrogens is 4. The molecule has 6 nitrogen and oxygen atoms in total. The molecule has 0 unspecified atom stereocenters. The first-order valence-electron chi connectivity index (χ1n) is 18.2. The number of nitrogens with one attached hydrogen (secondary N) is 2. The molecule has 54 heavy (non-hydrogen) atoms. The second-order valence-electron chi connectivity index (χ2n) is 13.6. The number of H-pyrrole nitrogens is 2. The van der Waals surface area contributed by atoms with Gasteiger partial charge in [-0.2, -0.15) is 10.5 Å². The van der Waals surface area contributed by atoms with Gasteiger partial charge in [0.2, 0.25) is 0 Å². The molecule has 2 atom stereocenters. The number of benzene rings is 4. The third-order valence-electron chi connectivity index (χ3n) is 10.4. The lowest BCUT2D eigenvalue weighted by molar-refractivity contribution is 0.582. The summed E-state index contributed by atoms with van der Waals surface area (Å²) < 4.78 is 0. The van der Waals surface area contributed by atoms with Crippen molar-refractivity contribution in [1.82, 2.24) is 19.9 Å². The van der Waals surface area contributed by atoms with Crippen LogP contribution in [0, 0.1) is 22.7 Å². The summed E-state index contributed by atoms with van der Waals surface area (Å²) in [5, 5.41) is 20.7.